The van der Waals surface area contributed by atoms with Crippen LogP contribution in [0.3, 0.4) is 0 Å². The summed E-state index contributed by atoms with van der Waals surface area (Å²) in [5.74, 6) is -5.12. The first-order chi connectivity index (χ1) is 20.4. The SMILES string of the molecule is N=C(N)NCCC[C@H](N)C(=O)OC(=O)[C@@H](N)CCC(N)=O.NC(=O)CC[C@H](N)C(=O)O.N[C@@H](Cc1ccc(O)cc1)C(=O)O. The van der Waals surface area contributed by atoms with E-state index in [2.05, 4.69) is 10.1 Å². The number of amides is 2. The number of ether oxygens (including phenoxy) is 1. The van der Waals surface area contributed by atoms with E-state index in [0.29, 0.717) is 13.0 Å². The molecule has 0 aliphatic rings. The molecule has 0 aliphatic heterocycles. The lowest BCUT2D eigenvalue weighted by Crippen LogP contribution is -2.40. The highest BCUT2D eigenvalue weighted by Crippen LogP contribution is 2.10. The Bertz CT molecular complexity index is 1100. The molecular formula is C25H43N9O10. The molecule has 0 fully saturated rings. The smallest absolute Gasteiger partial charge is 0.330 e. The normalized spacial score (nSPS) is 12.7. The summed E-state index contributed by atoms with van der Waals surface area (Å²) in [6.07, 6.45) is 1.04. The highest BCUT2D eigenvalue weighted by atomic mass is 16.6. The van der Waals surface area contributed by atoms with Gasteiger partial charge in [-0.15, -0.1) is 0 Å². The van der Waals surface area contributed by atoms with Crippen LogP contribution in [-0.4, -0.2) is 87.7 Å². The number of carboxylic acids is 2. The van der Waals surface area contributed by atoms with Crippen molar-refractivity contribution in [3.05, 3.63) is 29.8 Å². The Hall–Kier alpha value is -4.85. The van der Waals surface area contributed by atoms with Crippen LogP contribution in [0.4, 0.5) is 0 Å². The Morgan fingerprint density at radius 3 is 1.57 bits per heavy atom. The molecule has 0 saturated carbocycles. The van der Waals surface area contributed by atoms with E-state index in [1.54, 1.807) is 12.1 Å². The summed E-state index contributed by atoms with van der Waals surface area (Å²) in [6, 6.07) is 2.36. The van der Waals surface area contributed by atoms with Gasteiger partial charge in [0.15, 0.2) is 5.96 Å². The lowest BCUT2D eigenvalue weighted by atomic mass is 10.1. The molecular weight excluding hydrogens is 586 g/mol. The number of esters is 2. The molecule has 1 aromatic carbocycles. The maximum Gasteiger partial charge on any atom is 0.330 e. The molecule has 19 nitrogen and oxygen atoms in total. The number of phenolic OH excluding ortho intramolecular Hbond substituents is 1. The summed E-state index contributed by atoms with van der Waals surface area (Å²) in [5, 5.41) is 35.2. The van der Waals surface area contributed by atoms with E-state index in [9.17, 15) is 28.8 Å². The quantitative estimate of drug-likeness (QED) is 0.0274. The minimum Gasteiger partial charge on any atom is -0.508 e. The first-order valence-corrected chi connectivity index (χ1v) is 13.0. The molecule has 1 rings (SSSR count). The van der Waals surface area contributed by atoms with Crippen LogP contribution in [0.2, 0.25) is 0 Å². The van der Waals surface area contributed by atoms with Crippen molar-refractivity contribution in [3.8, 4) is 5.75 Å². The van der Waals surface area contributed by atoms with Gasteiger partial charge in [0, 0.05) is 19.4 Å². The Kier molecular flexibility index (Phi) is 21.3. The van der Waals surface area contributed by atoms with Gasteiger partial charge in [-0.25, -0.2) is 9.59 Å². The van der Waals surface area contributed by atoms with Gasteiger partial charge < -0.3 is 65.5 Å². The molecule has 248 valence electrons. The van der Waals surface area contributed by atoms with Gasteiger partial charge in [0.1, 0.15) is 29.9 Å². The minimum atomic E-state index is -1.11. The van der Waals surface area contributed by atoms with Crippen LogP contribution in [0.25, 0.3) is 0 Å². The van der Waals surface area contributed by atoms with Crippen LogP contribution in [-0.2, 0) is 39.9 Å². The average Bonchev–Trinajstić information content (AvgIpc) is 2.93. The van der Waals surface area contributed by atoms with Gasteiger partial charge in [-0.2, -0.15) is 0 Å². The van der Waals surface area contributed by atoms with Gasteiger partial charge in [0.05, 0.1) is 0 Å². The third kappa shape index (κ3) is 22.8. The number of carboxylic acid groups (broad SMARTS) is 2. The third-order valence-corrected chi connectivity index (χ3v) is 5.24. The molecule has 44 heavy (non-hydrogen) atoms. The molecule has 1 aromatic rings. The zero-order chi connectivity index (χ0) is 34.4. The van der Waals surface area contributed by atoms with Crippen LogP contribution >= 0.6 is 0 Å². The number of nitrogens with two attached hydrogens (primary N) is 7. The van der Waals surface area contributed by atoms with E-state index < -0.39 is 59.9 Å². The molecule has 19 N–H and O–H groups in total. The second-order valence-electron chi connectivity index (χ2n) is 9.21. The number of aliphatic carboxylic acids is 2. The summed E-state index contributed by atoms with van der Waals surface area (Å²) in [6.45, 7) is 0.377. The predicted octanol–water partition coefficient (Wildman–Crippen LogP) is -3.75. The number of primary amides is 2. The molecule has 0 spiro atoms. The number of benzene rings is 1. The summed E-state index contributed by atoms with van der Waals surface area (Å²) in [5.41, 5.74) is 36.9. The second kappa shape index (κ2) is 22.7. The molecule has 0 unspecified atom stereocenters. The van der Waals surface area contributed by atoms with Gasteiger partial charge in [-0.05, 0) is 49.8 Å². The largest absolute Gasteiger partial charge is 0.508 e. The first kappa shape index (κ1) is 41.3. The number of hydrogen-bond acceptors (Lipinski definition) is 13. The number of phenols is 1. The summed E-state index contributed by atoms with van der Waals surface area (Å²) >= 11 is 0. The Morgan fingerprint density at radius 1 is 0.727 bits per heavy atom. The molecule has 2 amide bonds. The van der Waals surface area contributed by atoms with E-state index in [-0.39, 0.29) is 50.2 Å². The summed E-state index contributed by atoms with van der Waals surface area (Å²) in [4.78, 5) is 64.1. The molecule has 0 saturated heterocycles. The standard InChI is InChI=1S/C11H22N6O4.C9H11NO3.C5H10N2O3/c12-6(2-1-5-17-11(15)16)9(19)21-10(20)7(13)3-4-8(14)18;10-8(9(12)13)5-6-1-3-7(11)4-2-6;6-3(5(9)10)1-2-4(7)8/h6-7H,1-5,12-13H2,(H2,14,18)(H4,15,16,17);1-4,8,11H,5,10H2,(H,12,13);3H,1-2,6H2,(H2,7,8)(H,9,10)/t6-,7-;8-;3-/m000/s1. The molecule has 0 aromatic heterocycles. The van der Waals surface area contributed by atoms with Crippen LogP contribution in [0.1, 0.15) is 44.1 Å². The van der Waals surface area contributed by atoms with Crippen LogP contribution in [0.15, 0.2) is 24.3 Å². The lowest BCUT2D eigenvalue weighted by molar-refractivity contribution is -0.161. The average molecular weight is 630 g/mol. The summed E-state index contributed by atoms with van der Waals surface area (Å²) in [7, 11) is 0. The van der Waals surface area contributed by atoms with Crippen molar-refractivity contribution >= 4 is 41.7 Å². The van der Waals surface area contributed by atoms with E-state index >= 15 is 0 Å². The van der Waals surface area contributed by atoms with Crippen molar-refractivity contribution < 1.29 is 48.8 Å². The number of hydrogen-bond donors (Lipinski definition) is 12. The van der Waals surface area contributed by atoms with Crippen molar-refractivity contribution in [2.75, 3.05) is 6.54 Å². The number of aromatic hydroxyl groups is 1. The molecule has 0 heterocycles. The number of guanidine groups is 1. The first-order valence-electron chi connectivity index (χ1n) is 13.0. The summed E-state index contributed by atoms with van der Waals surface area (Å²) < 4.78 is 4.52. The molecule has 0 aliphatic carbocycles. The third-order valence-electron chi connectivity index (χ3n) is 5.24. The zero-order valence-corrected chi connectivity index (χ0v) is 24.0. The van der Waals surface area contributed by atoms with Crippen molar-refractivity contribution in [1.29, 1.82) is 5.41 Å². The highest BCUT2D eigenvalue weighted by molar-refractivity contribution is 5.91. The molecule has 0 bridgehead atoms. The van der Waals surface area contributed by atoms with Crippen molar-refractivity contribution in [2.45, 2.75) is 69.1 Å². The van der Waals surface area contributed by atoms with E-state index in [1.807, 2.05) is 0 Å². The number of carbonyl (C=O) groups is 6. The van der Waals surface area contributed by atoms with Crippen LogP contribution in [0, 0.1) is 5.41 Å². The zero-order valence-electron chi connectivity index (χ0n) is 24.0. The monoisotopic (exact) mass is 629 g/mol. The van der Waals surface area contributed by atoms with Gasteiger partial charge in [-0.3, -0.25) is 24.6 Å². The van der Waals surface area contributed by atoms with Gasteiger partial charge in [0.25, 0.3) is 0 Å². The van der Waals surface area contributed by atoms with Gasteiger partial charge in [0.2, 0.25) is 11.8 Å². The molecule has 0 radical (unpaired) electrons. The Morgan fingerprint density at radius 2 is 1.16 bits per heavy atom. The van der Waals surface area contributed by atoms with Crippen molar-refractivity contribution in [3.63, 3.8) is 0 Å². The molecule has 19 heteroatoms. The predicted molar refractivity (Wildman–Crippen MR) is 156 cm³/mol. The van der Waals surface area contributed by atoms with Crippen LogP contribution < -0.4 is 45.5 Å². The van der Waals surface area contributed by atoms with E-state index in [1.165, 1.54) is 12.1 Å². The fraction of sp³-hybridized carbons (Fsp3) is 0.480. The number of rotatable bonds is 16. The Labute approximate surface area is 252 Å². The minimum absolute atomic E-state index is 0.000777. The number of carbonyl (C=O) groups excluding carboxylic acids is 4. The van der Waals surface area contributed by atoms with Gasteiger partial charge >= 0.3 is 23.9 Å². The fourth-order valence-corrected chi connectivity index (χ4v) is 2.72. The van der Waals surface area contributed by atoms with Crippen LogP contribution in [0.5, 0.6) is 5.75 Å². The maximum absolute atomic E-state index is 11.5. The van der Waals surface area contributed by atoms with Gasteiger partial charge in [-0.1, -0.05) is 12.1 Å². The van der Waals surface area contributed by atoms with E-state index in [4.69, 9.17) is 60.9 Å². The maximum atomic E-state index is 11.5. The second-order valence-corrected chi connectivity index (χ2v) is 9.21. The van der Waals surface area contributed by atoms with Crippen molar-refractivity contribution in [2.24, 2.45) is 40.1 Å². The molecule has 4 atom stereocenters. The fourth-order valence-electron chi connectivity index (χ4n) is 2.72. The topological polar surface area (TPSA) is 390 Å². The number of nitrogens with one attached hydrogen (secondary N) is 2. The Balaban J connectivity index is 0. The van der Waals surface area contributed by atoms with E-state index in [0.717, 1.165) is 5.56 Å². The highest BCUT2D eigenvalue weighted by Gasteiger charge is 2.23. The lowest BCUT2D eigenvalue weighted by Gasteiger charge is -2.13. The van der Waals surface area contributed by atoms with Crippen molar-refractivity contribution in [1.82, 2.24) is 5.32 Å².